The molecule has 1 fully saturated rings. The number of aliphatic hydroxyl groups is 1. The van der Waals surface area contributed by atoms with Gasteiger partial charge in [-0.05, 0) is 65.8 Å². The van der Waals surface area contributed by atoms with E-state index < -0.39 is 23.7 Å². The van der Waals surface area contributed by atoms with Crippen molar-refractivity contribution < 1.29 is 29.0 Å². The predicted octanol–water partition coefficient (Wildman–Crippen LogP) is 7.61. The molecule has 1 aromatic heterocycles. The van der Waals surface area contributed by atoms with Crippen LogP contribution in [0.4, 0.5) is 5.13 Å². The van der Waals surface area contributed by atoms with E-state index in [0.717, 1.165) is 28.0 Å². The number of ketones is 1. The third-order valence-electron chi connectivity index (χ3n) is 7.83. The van der Waals surface area contributed by atoms with E-state index in [9.17, 15) is 19.5 Å². The van der Waals surface area contributed by atoms with Gasteiger partial charge in [0.25, 0.3) is 5.78 Å². The first-order chi connectivity index (χ1) is 21.9. The van der Waals surface area contributed by atoms with Gasteiger partial charge in [-0.2, -0.15) is 0 Å². The van der Waals surface area contributed by atoms with Gasteiger partial charge in [-0.15, -0.1) is 0 Å². The van der Waals surface area contributed by atoms with E-state index in [-0.39, 0.29) is 33.4 Å². The number of aromatic nitrogens is 1. The summed E-state index contributed by atoms with van der Waals surface area (Å²) in [5.74, 6) is -2.05. The first-order valence-electron chi connectivity index (χ1n) is 14.8. The zero-order valence-electron chi connectivity index (χ0n) is 26.5. The molecule has 1 atom stereocenters. The highest BCUT2D eigenvalue weighted by atomic mass is 32.1. The van der Waals surface area contributed by atoms with Crippen LogP contribution < -0.4 is 9.64 Å². The molecule has 3 aromatic carbocycles. The lowest BCUT2D eigenvalue weighted by Gasteiger charge is -2.24. The molecule has 236 valence electrons. The molecule has 0 aliphatic carbocycles. The van der Waals surface area contributed by atoms with Crippen molar-refractivity contribution in [3.05, 3.63) is 129 Å². The smallest absolute Gasteiger partial charge is 0.350 e. The minimum Gasteiger partial charge on any atom is -0.507 e. The summed E-state index contributed by atoms with van der Waals surface area (Å²) in [6.07, 6.45) is 1.46. The average molecular weight is 637 g/mol. The van der Waals surface area contributed by atoms with E-state index in [1.807, 2.05) is 55.5 Å². The molecule has 0 bridgehead atoms. The lowest BCUT2D eigenvalue weighted by atomic mass is 9.85. The molecule has 1 saturated heterocycles. The highest BCUT2D eigenvalue weighted by Gasteiger charge is 2.48. The number of amides is 1. The zero-order valence-corrected chi connectivity index (χ0v) is 27.3. The van der Waals surface area contributed by atoms with Crippen molar-refractivity contribution >= 4 is 39.9 Å². The van der Waals surface area contributed by atoms with Gasteiger partial charge in [0, 0.05) is 5.56 Å². The van der Waals surface area contributed by atoms with Crippen LogP contribution in [0.25, 0.3) is 5.76 Å². The van der Waals surface area contributed by atoms with Gasteiger partial charge in [0.15, 0.2) is 5.13 Å². The van der Waals surface area contributed by atoms with Crippen molar-refractivity contribution in [1.29, 1.82) is 0 Å². The number of nitrogens with zero attached hydrogens (tertiary/aromatic N) is 2. The molecule has 2 heterocycles. The number of thiazole rings is 1. The Morgan fingerprint density at radius 1 is 1.02 bits per heavy atom. The van der Waals surface area contributed by atoms with Gasteiger partial charge in [-0.3, -0.25) is 14.5 Å². The van der Waals surface area contributed by atoms with Gasteiger partial charge in [-0.1, -0.05) is 93.3 Å². The Kier molecular flexibility index (Phi) is 9.25. The van der Waals surface area contributed by atoms with E-state index in [1.54, 1.807) is 31.2 Å². The number of Topliss-reactive ketones (excluding diaryl/α,β-unsaturated/α-hetero) is 1. The molecular formula is C37H36N2O6S. The van der Waals surface area contributed by atoms with Crippen molar-refractivity contribution in [2.75, 3.05) is 11.5 Å². The highest BCUT2D eigenvalue weighted by Crippen LogP contribution is 2.44. The Morgan fingerprint density at radius 3 is 2.33 bits per heavy atom. The molecule has 46 heavy (non-hydrogen) atoms. The lowest BCUT2D eigenvalue weighted by molar-refractivity contribution is -0.132. The van der Waals surface area contributed by atoms with Crippen LogP contribution in [0.15, 0.2) is 91.0 Å². The zero-order chi connectivity index (χ0) is 33.2. The van der Waals surface area contributed by atoms with E-state index in [2.05, 4.69) is 32.3 Å². The Hall–Kier alpha value is -5.02. The van der Waals surface area contributed by atoms with Crippen LogP contribution in [0.2, 0.25) is 0 Å². The van der Waals surface area contributed by atoms with Crippen molar-refractivity contribution in [3.8, 4) is 5.75 Å². The molecule has 5 rings (SSSR count). The summed E-state index contributed by atoms with van der Waals surface area (Å²) in [6, 6.07) is 21.3. The number of anilines is 1. The molecule has 1 unspecified atom stereocenters. The minimum atomic E-state index is -0.992. The Balaban J connectivity index is 1.55. The van der Waals surface area contributed by atoms with Crippen LogP contribution in [0.3, 0.4) is 0 Å². The molecule has 0 spiro atoms. The van der Waals surface area contributed by atoms with E-state index >= 15 is 0 Å². The number of carbonyl (C=O) groups is 3. The maximum Gasteiger partial charge on any atom is 0.350 e. The molecule has 1 N–H and O–H groups in total. The lowest BCUT2D eigenvalue weighted by Crippen LogP contribution is -2.29. The fourth-order valence-corrected chi connectivity index (χ4v) is 6.17. The van der Waals surface area contributed by atoms with Gasteiger partial charge >= 0.3 is 11.9 Å². The Labute approximate surface area is 272 Å². The number of aryl methyl sites for hydroxylation is 2. The summed E-state index contributed by atoms with van der Waals surface area (Å²) in [7, 11) is 0. The van der Waals surface area contributed by atoms with Crippen LogP contribution in [0.1, 0.15) is 70.0 Å². The van der Waals surface area contributed by atoms with Gasteiger partial charge < -0.3 is 14.6 Å². The maximum atomic E-state index is 13.7. The highest BCUT2D eigenvalue weighted by molar-refractivity contribution is 7.17. The van der Waals surface area contributed by atoms with Crippen molar-refractivity contribution in [3.63, 3.8) is 0 Å². The fraction of sp³-hybridized carbons (Fsp3) is 0.243. The number of esters is 1. The third-order valence-corrected chi connectivity index (χ3v) is 8.97. The number of hydrogen-bond acceptors (Lipinski definition) is 8. The number of hydrogen-bond donors (Lipinski definition) is 1. The summed E-state index contributed by atoms with van der Waals surface area (Å²) in [5.41, 5.74) is 4.35. The predicted molar refractivity (Wildman–Crippen MR) is 179 cm³/mol. The molecule has 0 radical (unpaired) electrons. The first kappa shape index (κ1) is 32.4. The van der Waals surface area contributed by atoms with Crippen LogP contribution >= 0.6 is 11.3 Å². The molecule has 8 nitrogen and oxygen atoms in total. The van der Waals surface area contributed by atoms with Gasteiger partial charge in [-0.25, -0.2) is 9.78 Å². The van der Waals surface area contributed by atoms with E-state index in [4.69, 9.17) is 9.47 Å². The number of aliphatic hydroxyl groups excluding tert-OH is 1. The fourth-order valence-electron chi connectivity index (χ4n) is 5.18. The van der Waals surface area contributed by atoms with Gasteiger partial charge in [0.1, 0.15) is 29.6 Å². The van der Waals surface area contributed by atoms with Crippen LogP contribution in [-0.2, 0) is 26.3 Å². The number of benzene rings is 3. The molecule has 1 aliphatic heterocycles. The second-order valence-corrected chi connectivity index (χ2v) is 13.1. The summed E-state index contributed by atoms with van der Waals surface area (Å²) < 4.78 is 11.2. The van der Waals surface area contributed by atoms with Crippen LogP contribution in [-0.4, -0.2) is 34.4 Å². The summed E-state index contributed by atoms with van der Waals surface area (Å²) in [4.78, 5) is 46.0. The third kappa shape index (κ3) is 6.50. The van der Waals surface area contributed by atoms with Crippen LogP contribution in [0.5, 0.6) is 5.75 Å². The molecule has 4 aromatic rings. The number of ether oxygens (including phenoxy) is 2. The maximum absolute atomic E-state index is 13.7. The number of rotatable bonds is 9. The molecule has 9 heteroatoms. The second kappa shape index (κ2) is 13.1. The Morgan fingerprint density at radius 2 is 1.70 bits per heavy atom. The standard InChI is InChI=1S/C37H36N2O6S/c1-7-20-44-35(43)33-23(3)38-36(46-33)39-30(24-12-16-27(17-13-24)37(4,5)6)29(32(41)34(39)42)31(40)25-14-18-28(19-15-25)45-21-26-11-9-8-10-22(26)2/h7-19,30,40H,1,20-21H2,2-6H3/b31-29+. The minimum absolute atomic E-state index is 0.0197. The van der Waals surface area contributed by atoms with E-state index in [0.29, 0.717) is 29.2 Å². The average Bonchev–Trinajstić information content (AvgIpc) is 3.55. The quantitative estimate of drug-likeness (QED) is 0.0663. The van der Waals surface area contributed by atoms with E-state index in [1.165, 1.54) is 11.0 Å². The second-order valence-electron chi connectivity index (χ2n) is 12.1. The topological polar surface area (TPSA) is 106 Å². The summed E-state index contributed by atoms with van der Waals surface area (Å²) in [6.45, 7) is 13.9. The monoisotopic (exact) mass is 636 g/mol. The van der Waals surface area contributed by atoms with Crippen molar-refractivity contribution in [2.24, 2.45) is 0 Å². The summed E-state index contributed by atoms with van der Waals surface area (Å²) in [5, 5.41) is 11.8. The van der Waals surface area contributed by atoms with Crippen LogP contribution in [0, 0.1) is 13.8 Å². The number of carbonyl (C=O) groups excluding carboxylic acids is 3. The first-order valence-corrected chi connectivity index (χ1v) is 15.7. The molecule has 1 aliphatic rings. The molecule has 0 saturated carbocycles. The van der Waals surface area contributed by atoms with Gasteiger partial charge in [0.05, 0.1) is 17.3 Å². The SMILES string of the molecule is C=CCOC(=O)c1sc(N2C(=O)C(=O)/C(=C(/O)c3ccc(OCc4ccccc4C)cc3)C2c2ccc(C(C)(C)C)cc2)nc1C. The van der Waals surface area contributed by atoms with Gasteiger partial charge in [0.2, 0.25) is 0 Å². The summed E-state index contributed by atoms with van der Waals surface area (Å²) >= 11 is 0.955. The van der Waals surface area contributed by atoms with Crippen molar-refractivity contribution in [2.45, 2.75) is 52.7 Å². The molecule has 1 amide bonds. The molecular weight excluding hydrogens is 600 g/mol. The Bertz CT molecular complexity index is 1830. The van der Waals surface area contributed by atoms with Crippen molar-refractivity contribution in [1.82, 2.24) is 4.98 Å². The normalized spacial score (nSPS) is 16.0. The largest absolute Gasteiger partial charge is 0.507 e.